The van der Waals surface area contributed by atoms with E-state index in [1.54, 1.807) is 7.11 Å². The van der Waals surface area contributed by atoms with Gasteiger partial charge in [0.1, 0.15) is 5.75 Å². The molecule has 2 rings (SSSR count). The molecule has 0 bridgehead atoms. The fourth-order valence-electron chi connectivity index (χ4n) is 2.20. The van der Waals surface area contributed by atoms with Crippen LogP contribution in [0.4, 0.5) is 0 Å². The first-order valence-corrected chi connectivity index (χ1v) is 5.96. The average molecular weight is 234 g/mol. The van der Waals surface area contributed by atoms with E-state index in [4.69, 9.17) is 9.47 Å². The van der Waals surface area contributed by atoms with Crippen LogP contribution in [0.1, 0.15) is 18.4 Å². The van der Waals surface area contributed by atoms with Crippen LogP contribution < -0.4 is 4.74 Å². The molecule has 0 heterocycles. The van der Waals surface area contributed by atoms with Crippen molar-refractivity contribution in [3.8, 4) is 5.75 Å². The van der Waals surface area contributed by atoms with Gasteiger partial charge in [0.15, 0.2) is 0 Å². The van der Waals surface area contributed by atoms with Crippen molar-refractivity contribution in [1.82, 2.24) is 0 Å². The van der Waals surface area contributed by atoms with Gasteiger partial charge >= 0.3 is 5.97 Å². The Morgan fingerprint density at radius 2 is 2.06 bits per heavy atom. The lowest BCUT2D eigenvalue weighted by Crippen LogP contribution is -2.21. The number of carbonyl (C=O) groups is 1. The molecule has 92 valence electrons. The highest BCUT2D eigenvalue weighted by Crippen LogP contribution is 2.40. The van der Waals surface area contributed by atoms with Crippen molar-refractivity contribution in [3.05, 3.63) is 29.8 Å². The van der Waals surface area contributed by atoms with Crippen molar-refractivity contribution >= 4 is 5.97 Å². The van der Waals surface area contributed by atoms with Crippen molar-refractivity contribution in [2.45, 2.75) is 19.3 Å². The molecule has 3 nitrogen and oxygen atoms in total. The molecule has 1 aliphatic rings. The second-order valence-electron chi connectivity index (χ2n) is 4.48. The lowest BCUT2D eigenvalue weighted by molar-refractivity contribution is -0.146. The van der Waals surface area contributed by atoms with E-state index < -0.39 is 0 Å². The normalized spacial score (nSPS) is 16.4. The maximum atomic E-state index is 11.7. The van der Waals surface area contributed by atoms with E-state index in [0.717, 1.165) is 24.2 Å². The maximum absolute atomic E-state index is 11.7. The Morgan fingerprint density at radius 1 is 1.35 bits per heavy atom. The second kappa shape index (κ2) is 5.21. The first kappa shape index (κ1) is 12.0. The second-order valence-corrected chi connectivity index (χ2v) is 4.48. The highest BCUT2D eigenvalue weighted by molar-refractivity contribution is 5.73. The molecular formula is C14H18O3. The molecule has 17 heavy (non-hydrogen) atoms. The minimum atomic E-state index is -0.0987. The molecule has 1 saturated carbocycles. The quantitative estimate of drug-likeness (QED) is 0.734. The van der Waals surface area contributed by atoms with Gasteiger partial charge in [-0.05, 0) is 36.8 Å². The van der Waals surface area contributed by atoms with Gasteiger partial charge in [-0.2, -0.15) is 0 Å². The van der Waals surface area contributed by atoms with E-state index in [1.165, 1.54) is 7.11 Å². The molecule has 1 aromatic carbocycles. The summed E-state index contributed by atoms with van der Waals surface area (Å²) in [6.07, 6.45) is 2.98. The van der Waals surface area contributed by atoms with Crippen LogP contribution >= 0.6 is 0 Å². The predicted molar refractivity (Wildman–Crippen MR) is 64.9 cm³/mol. The maximum Gasteiger partial charge on any atom is 0.309 e. The minimum Gasteiger partial charge on any atom is -0.496 e. The van der Waals surface area contributed by atoms with E-state index in [9.17, 15) is 4.79 Å². The first-order valence-electron chi connectivity index (χ1n) is 5.96. The lowest BCUT2D eigenvalue weighted by Gasteiger charge is -2.15. The van der Waals surface area contributed by atoms with E-state index in [2.05, 4.69) is 0 Å². The molecule has 1 aromatic rings. The predicted octanol–water partition coefficient (Wildman–Crippen LogP) is 2.44. The van der Waals surface area contributed by atoms with Gasteiger partial charge in [-0.1, -0.05) is 18.2 Å². The SMILES string of the molecule is COC(=O)C(Cc1ccccc1OC)C1CC1. The molecule has 1 fully saturated rings. The molecule has 0 amide bonds. The number of esters is 1. The molecule has 0 aromatic heterocycles. The highest BCUT2D eigenvalue weighted by atomic mass is 16.5. The van der Waals surface area contributed by atoms with Crippen LogP contribution in [-0.2, 0) is 16.0 Å². The van der Waals surface area contributed by atoms with E-state index >= 15 is 0 Å². The first-order chi connectivity index (χ1) is 8.26. The molecule has 0 spiro atoms. The number of carbonyl (C=O) groups excluding carboxylic acids is 1. The van der Waals surface area contributed by atoms with Crippen molar-refractivity contribution in [2.75, 3.05) is 14.2 Å². The van der Waals surface area contributed by atoms with Gasteiger partial charge in [-0.3, -0.25) is 4.79 Å². The third kappa shape index (κ3) is 2.78. The van der Waals surface area contributed by atoms with Gasteiger partial charge < -0.3 is 9.47 Å². The van der Waals surface area contributed by atoms with E-state index in [0.29, 0.717) is 12.3 Å². The summed E-state index contributed by atoms with van der Waals surface area (Å²) < 4.78 is 10.2. The van der Waals surface area contributed by atoms with Gasteiger partial charge in [0.25, 0.3) is 0 Å². The smallest absolute Gasteiger partial charge is 0.309 e. The van der Waals surface area contributed by atoms with Crippen LogP contribution in [0, 0.1) is 11.8 Å². The molecule has 0 radical (unpaired) electrons. The Kier molecular flexibility index (Phi) is 3.67. The topological polar surface area (TPSA) is 35.5 Å². The van der Waals surface area contributed by atoms with Crippen LogP contribution in [0.15, 0.2) is 24.3 Å². The third-order valence-electron chi connectivity index (χ3n) is 3.33. The summed E-state index contributed by atoms with van der Waals surface area (Å²) in [4.78, 5) is 11.7. The summed E-state index contributed by atoms with van der Waals surface area (Å²) in [6.45, 7) is 0. The summed E-state index contributed by atoms with van der Waals surface area (Å²) >= 11 is 0. The van der Waals surface area contributed by atoms with Gasteiger partial charge in [0, 0.05) is 0 Å². The Balaban J connectivity index is 2.14. The van der Waals surface area contributed by atoms with E-state index in [1.807, 2.05) is 24.3 Å². The standard InChI is InChI=1S/C14H18O3/c1-16-13-6-4-3-5-11(13)9-12(10-7-8-10)14(15)17-2/h3-6,10,12H,7-9H2,1-2H3. The van der Waals surface area contributed by atoms with E-state index in [-0.39, 0.29) is 11.9 Å². The molecule has 1 aliphatic carbocycles. The van der Waals surface area contributed by atoms with Gasteiger partial charge in [0.05, 0.1) is 20.1 Å². The Bertz CT molecular complexity index is 396. The van der Waals surface area contributed by atoms with Gasteiger partial charge in [-0.15, -0.1) is 0 Å². The van der Waals surface area contributed by atoms with Crippen LogP contribution in [0.3, 0.4) is 0 Å². The highest BCUT2D eigenvalue weighted by Gasteiger charge is 2.37. The molecule has 0 aliphatic heterocycles. The fraction of sp³-hybridized carbons (Fsp3) is 0.500. The molecule has 3 heteroatoms. The number of methoxy groups -OCH3 is 2. The summed E-state index contributed by atoms with van der Waals surface area (Å²) in [5, 5.41) is 0. The Labute approximate surface area is 102 Å². The molecular weight excluding hydrogens is 216 g/mol. The number of ether oxygens (including phenoxy) is 2. The largest absolute Gasteiger partial charge is 0.496 e. The third-order valence-corrected chi connectivity index (χ3v) is 3.33. The summed E-state index contributed by atoms with van der Waals surface area (Å²) in [7, 11) is 3.11. The van der Waals surface area contributed by atoms with Crippen molar-refractivity contribution in [2.24, 2.45) is 11.8 Å². The van der Waals surface area contributed by atoms with Gasteiger partial charge in [0.2, 0.25) is 0 Å². The number of benzene rings is 1. The number of hydrogen-bond acceptors (Lipinski definition) is 3. The van der Waals surface area contributed by atoms with Crippen molar-refractivity contribution in [1.29, 1.82) is 0 Å². The Hall–Kier alpha value is -1.51. The monoisotopic (exact) mass is 234 g/mol. The fourth-order valence-corrected chi connectivity index (χ4v) is 2.20. The lowest BCUT2D eigenvalue weighted by atomic mass is 9.94. The van der Waals surface area contributed by atoms with Crippen LogP contribution in [-0.4, -0.2) is 20.2 Å². The molecule has 1 unspecified atom stereocenters. The van der Waals surface area contributed by atoms with Crippen LogP contribution in [0.25, 0.3) is 0 Å². The van der Waals surface area contributed by atoms with Crippen LogP contribution in [0.2, 0.25) is 0 Å². The number of hydrogen-bond donors (Lipinski definition) is 0. The average Bonchev–Trinajstić information content (AvgIpc) is 3.19. The summed E-state index contributed by atoms with van der Waals surface area (Å²) in [6, 6.07) is 7.85. The zero-order valence-electron chi connectivity index (χ0n) is 10.3. The Morgan fingerprint density at radius 3 is 2.65 bits per heavy atom. The summed E-state index contributed by atoms with van der Waals surface area (Å²) in [5.74, 6) is 1.23. The minimum absolute atomic E-state index is 0.0173. The summed E-state index contributed by atoms with van der Waals surface area (Å²) in [5.41, 5.74) is 1.08. The molecule has 0 saturated heterocycles. The molecule has 0 N–H and O–H groups in total. The van der Waals surface area contributed by atoms with Gasteiger partial charge in [-0.25, -0.2) is 0 Å². The molecule has 1 atom stereocenters. The number of rotatable bonds is 5. The van der Waals surface area contributed by atoms with Crippen molar-refractivity contribution in [3.63, 3.8) is 0 Å². The number of para-hydroxylation sites is 1. The van der Waals surface area contributed by atoms with Crippen LogP contribution in [0.5, 0.6) is 5.75 Å². The van der Waals surface area contributed by atoms with Crippen molar-refractivity contribution < 1.29 is 14.3 Å². The zero-order valence-corrected chi connectivity index (χ0v) is 10.3. The zero-order chi connectivity index (χ0) is 12.3.